The fourth-order valence-corrected chi connectivity index (χ4v) is 15.3. The van der Waals surface area contributed by atoms with Gasteiger partial charge in [-0.05, 0) is 164 Å². The van der Waals surface area contributed by atoms with Crippen LogP contribution in [0.5, 0.6) is 0 Å². The van der Waals surface area contributed by atoms with Crippen molar-refractivity contribution >= 4 is 86.5 Å². The van der Waals surface area contributed by atoms with Crippen molar-refractivity contribution in [2.45, 2.75) is 160 Å². The van der Waals surface area contributed by atoms with Crippen LogP contribution in [0.2, 0.25) is 0 Å². The molecule has 1 saturated carbocycles. The van der Waals surface area contributed by atoms with E-state index in [0.29, 0.717) is 42.5 Å². The van der Waals surface area contributed by atoms with Crippen molar-refractivity contribution in [3.63, 3.8) is 0 Å². The van der Waals surface area contributed by atoms with Crippen molar-refractivity contribution in [2.75, 3.05) is 28.2 Å². The number of fused-ring (bicyclic) bond motifs is 2. The molecular formula is C80H94N16O5S. The molecule has 8 atom stereocenters. The molecule has 2 fully saturated rings. The predicted octanol–water partition coefficient (Wildman–Crippen LogP) is 11.4. The van der Waals surface area contributed by atoms with E-state index in [0.717, 1.165) is 91.3 Å². The standard InChI is InChI=1S/2C24H26N4O.C18H18N4OS.C14H24N4O2/c2*1-15(2)16-7-9-17(10-8-16)21-22(29)28(4)23(25)27-24(21,3)19-11-12-20-18(14-19)6-5-13-26-20;1-4-5-12-6-13(10-20-9-12)14-7-15(24-11-14)18(2)8-16(23)21-17(19-3)22-18;1-9(19)16-11-6-4-5-10(7-11)8-14(2)12(20)18(3)13(15)17-14/h2*5-15,21H,1-4H3,(H2,25,27);6-7,9-11H,8H2,1-3H3,(H2,19,21,22,23);10-11H,4-8H2,1-3H3,(H2,15,17)(H,16,19)/t21-,24+;21-,24-;18-;10-,11+,14+/m0100/s1. The van der Waals surface area contributed by atoms with Crippen molar-refractivity contribution < 1.29 is 24.0 Å². The molecule has 22 heteroatoms. The molecule has 8 heterocycles. The van der Waals surface area contributed by atoms with Gasteiger partial charge in [-0.1, -0.05) is 119 Å². The summed E-state index contributed by atoms with van der Waals surface area (Å²) in [7, 11) is 6.68. The number of pyridine rings is 3. The van der Waals surface area contributed by atoms with Gasteiger partial charge in [0.1, 0.15) is 16.6 Å². The highest BCUT2D eigenvalue weighted by Crippen LogP contribution is 2.47. The van der Waals surface area contributed by atoms with E-state index < -0.39 is 34.0 Å². The Bertz CT molecular complexity index is 4490. The maximum absolute atomic E-state index is 13.4. The van der Waals surface area contributed by atoms with Crippen molar-refractivity contribution in [1.82, 2.24) is 45.6 Å². The van der Waals surface area contributed by atoms with Gasteiger partial charge in [0.25, 0.3) is 5.91 Å². The maximum atomic E-state index is 13.4. The average Bonchev–Trinajstić information content (AvgIpc) is 1.00. The molecule has 0 unspecified atom stereocenters. The van der Waals surface area contributed by atoms with Crippen LogP contribution < -0.4 is 33.2 Å². The summed E-state index contributed by atoms with van der Waals surface area (Å²) in [5.41, 5.74) is 26.3. The van der Waals surface area contributed by atoms with E-state index >= 15 is 0 Å². The molecule has 1 saturated heterocycles. The van der Waals surface area contributed by atoms with Gasteiger partial charge in [-0.25, -0.2) is 15.0 Å². The Hall–Kier alpha value is -10.7. The third-order valence-corrected chi connectivity index (χ3v) is 21.3. The van der Waals surface area contributed by atoms with E-state index in [9.17, 15) is 24.0 Å². The Labute approximate surface area is 602 Å². The lowest BCUT2D eigenvalue weighted by molar-refractivity contribution is -0.131. The first-order valence-corrected chi connectivity index (χ1v) is 35.4. The van der Waals surface area contributed by atoms with Crippen LogP contribution >= 0.6 is 11.3 Å². The number of hydrogen-bond donors (Lipinski definition) is 6. The minimum Gasteiger partial charge on any atom is -0.369 e. The van der Waals surface area contributed by atoms with Gasteiger partial charge in [-0.3, -0.25) is 63.9 Å². The molecule has 0 spiro atoms. The largest absolute Gasteiger partial charge is 0.369 e. The van der Waals surface area contributed by atoms with Gasteiger partial charge in [0.05, 0.1) is 34.8 Å². The first-order chi connectivity index (χ1) is 48.5. The van der Waals surface area contributed by atoms with Crippen molar-refractivity contribution in [2.24, 2.45) is 43.1 Å². The number of guanidine groups is 4. The highest BCUT2D eigenvalue weighted by molar-refractivity contribution is 7.10. The number of likely N-dealkylation sites (N-methyl/N-ethyl adjacent to an activating group) is 3. The fourth-order valence-electron chi connectivity index (χ4n) is 14.3. The quantitative estimate of drug-likeness (QED) is 0.0659. The normalized spacial score (nSPS) is 24.4. The van der Waals surface area contributed by atoms with E-state index in [-0.39, 0.29) is 47.5 Å². The summed E-state index contributed by atoms with van der Waals surface area (Å²) in [6.45, 7) is 19.8. The molecule has 5 amide bonds. The van der Waals surface area contributed by atoms with E-state index in [2.05, 4.69) is 128 Å². The zero-order valence-corrected chi connectivity index (χ0v) is 61.6. The smallest absolute Gasteiger partial charge is 0.256 e. The summed E-state index contributed by atoms with van der Waals surface area (Å²) in [6.07, 6.45) is 12.3. The molecule has 1 aliphatic carbocycles. The molecule has 0 bridgehead atoms. The van der Waals surface area contributed by atoms with Crippen LogP contribution in [0.25, 0.3) is 32.9 Å². The number of nitrogens with one attached hydrogen (secondary N) is 3. The number of thiophene rings is 1. The zero-order chi connectivity index (χ0) is 73.6. The number of carbonyl (C=O) groups is 5. The molecule has 102 heavy (non-hydrogen) atoms. The monoisotopic (exact) mass is 1390 g/mol. The molecule has 8 aromatic rings. The van der Waals surface area contributed by atoms with Crippen LogP contribution in [0.1, 0.15) is 175 Å². The second-order valence-electron chi connectivity index (χ2n) is 28.4. The van der Waals surface area contributed by atoms with Gasteiger partial charge in [-0.15, -0.1) is 17.3 Å². The summed E-state index contributed by atoms with van der Waals surface area (Å²) >= 11 is 1.62. The SMILES string of the molecule is CC#Cc1cncc(-c2csc([C@]3(C)CC(=O)NC(=NC)N3)c2)c1.CC(=O)N[C@@H]1CCC[C@H](C[C@@]2(C)N=C(N)N(C)C2=O)C1.CC(C)c1ccc([C@@H]2C(=O)N(C)C(N)=N[C@]2(C)c2ccc3ncccc3c2)cc1.CC(C)c1ccc([C@H]2C(=O)N(C)C(N)=N[C@]2(C)c2ccc3ncccc3c2)cc1. The number of rotatable bonds is 11. The summed E-state index contributed by atoms with van der Waals surface area (Å²) in [6, 6.07) is 40.9. The first kappa shape index (κ1) is 74.0. The Kier molecular flexibility index (Phi) is 22.3. The molecule has 4 aliphatic heterocycles. The maximum Gasteiger partial charge on any atom is 0.256 e. The molecule has 530 valence electrons. The van der Waals surface area contributed by atoms with Crippen molar-refractivity contribution in [3.8, 4) is 23.0 Å². The molecule has 13 rings (SSSR count). The zero-order valence-electron chi connectivity index (χ0n) is 60.8. The van der Waals surface area contributed by atoms with Crippen LogP contribution in [0.15, 0.2) is 171 Å². The van der Waals surface area contributed by atoms with Crippen LogP contribution in [-0.2, 0) is 40.6 Å². The number of hydrogen-bond acceptors (Lipinski definition) is 16. The van der Waals surface area contributed by atoms with E-state index in [4.69, 9.17) is 27.2 Å². The van der Waals surface area contributed by atoms with E-state index in [1.165, 1.54) is 25.8 Å². The topological polar surface area (TPSA) is 297 Å². The average molecular weight is 1390 g/mol. The lowest BCUT2D eigenvalue weighted by Gasteiger charge is -2.41. The number of aromatic nitrogens is 3. The summed E-state index contributed by atoms with van der Waals surface area (Å²) in [5.74, 6) is 7.37. The van der Waals surface area contributed by atoms with Crippen molar-refractivity contribution in [1.29, 1.82) is 0 Å². The van der Waals surface area contributed by atoms with Crippen LogP contribution in [-0.4, -0.2) is 123 Å². The third kappa shape index (κ3) is 15.9. The highest BCUT2D eigenvalue weighted by atomic mass is 32.1. The summed E-state index contributed by atoms with van der Waals surface area (Å²) in [5, 5.41) is 13.1. The summed E-state index contributed by atoms with van der Waals surface area (Å²) < 4.78 is 0. The van der Waals surface area contributed by atoms with Gasteiger partial charge >= 0.3 is 0 Å². The van der Waals surface area contributed by atoms with Gasteiger partial charge in [0.2, 0.25) is 23.6 Å². The molecule has 5 aliphatic rings. The Morgan fingerprint density at radius 1 is 0.686 bits per heavy atom. The molecule has 9 N–H and O–H groups in total. The predicted molar refractivity (Wildman–Crippen MR) is 407 cm³/mol. The van der Waals surface area contributed by atoms with Gasteiger partial charge in [-0.2, -0.15) is 0 Å². The van der Waals surface area contributed by atoms with E-state index in [1.54, 1.807) is 65.0 Å². The van der Waals surface area contributed by atoms with Crippen LogP contribution in [0, 0.1) is 17.8 Å². The Morgan fingerprint density at radius 3 is 1.70 bits per heavy atom. The minimum absolute atomic E-state index is 0.0146. The second-order valence-corrected chi connectivity index (χ2v) is 29.3. The molecule has 21 nitrogen and oxygen atoms in total. The highest BCUT2D eigenvalue weighted by Gasteiger charge is 2.49. The Morgan fingerprint density at radius 2 is 1.22 bits per heavy atom. The minimum atomic E-state index is -0.808. The Balaban J connectivity index is 0.000000148. The van der Waals surface area contributed by atoms with Crippen LogP contribution in [0.4, 0.5) is 0 Å². The number of benzene rings is 4. The number of carbonyl (C=O) groups excluding carboxylic acids is 5. The number of nitrogens with zero attached hydrogens (tertiary/aromatic N) is 10. The second kappa shape index (κ2) is 30.7. The molecule has 4 aromatic heterocycles. The lowest BCUT2D eigenvalue weighted by Crippen LogP contribution is -2.57. The number of nitrogens with two attached hydrogens (primary N) is 3. The summed E-state index contributed by atoms with van der Waals surface area (Å²) in [4.78, 5) is 98.6. The van der Waals surface area contributed by atoms with Gasteiger partial charge < -0.3 is 27.8 Å². The molecular weight excluding hydrogens is 1300 g/mol. The number of amides is 5. The third-order valence-electron chi connectivity index (χ3n) is 20.1. The molecule has 4 aromatic carbocycles. The van der Waals surface area contributed by atoms with Crippen LogP contribution in [0.3, 0.4) is 0 Å². The fraction of sp³-hybridized carbons (Fsp3) is 0.375. The van der Waals surface area contributed by atoms with Gasteiger partial charge in [0, 0.05) is 92.7 Å². The molecule has 0 radical (unpaired) electrons. The number of aliphatic imine (C=N–C) groups is 4. The lowest BCUT2D eigenvalue weighted by atomic mass is 9.74. The van der Waals surface area contributed by atoms with Gasteiger partial charge in [0.15, 0.2) is 23.8 Å². The van der Waals surface area contributed by atoms with E-state index in [1.807, 2.05) is 120 Å². The van der Waals surface area contributed by atoms with Crippen molar-refractivity contribution in [3.05, 3.63) is 195 Å². The first-order valence-electron chi connectivity index (χ1n) is 34.6.